The molecule has 0 spiro atoms. The lowest BCUT2D eigenvalue weighted by molar-refractivity contribution is -0.122. The highest BCUT2D eigenvalue weighted by molar-refractivity contribution is 6.31. The van der Waals surface area contributed by atoms with E-state index in [2.05, 4.69) is 5.32 Å². The minimum atomic E-state index is -0.554. The van der Waals surface area contributed by atoms with Gasteiger partial charge in [0.25, 0.3) is 0 Å². The van der Waals surface area contributed by atoms with E-state index in [1.54, 1.807) is 36.3 Å². The van der Waals surface area contributed by atoms with Gasteiger partial charge in [0, 0.05) is 24.3 Å². The van der Waals surface area contributed by atoms with Crippen LogP contribution in [0.4, 0.5) is 15.8 Å². The van der Waals surface area contributed by atoms with Crippen LogP contribution in [0.25, 0.3) is 0 Å². The topological polar surface area (TPSA) is 58.6 Å². The molecule has 130 valence electrons. The third-order valence-corrected chi connectivity index (χ3v) is 4.36. The van der Waals surface area contributed by atoms with Crippen molar-refractivity contribution in [1.82, 2.24) is 0 Å². The van der Waals surface area contributed by atoms with E-state index in [0.717, 1.165) is 0 Å². The van der Waals surface area contributed by atoms with E-state index in [1.165, 1.54) is 18.2 Å². The molecule has 25 heavy (non-hydrogen) atoms. The third kappa shape index (κ3) is 3.74. The van der Waals surface area contributed by atoms with Gasteiger partial charge in [0.1, 0.15) is 11.6 Å². The van der Waals surface area contributed by atoms with Gasteiger partial charge in [-0.05, 0) is 42.5 Å². The summed E-state index contributed by atoms with van der Waals surface area (Å²) in [6.45, 7) is 0.284. The molecule has 2 aromatic rings. The molecule has 2 aromatic carbocycles. The Morgan fingerprint density at radius 2 is 2.00 bits per heavy atom. The first-order valence-corrected chi connectivity index (χ1v) is 8.06. The van der Waals surface area contributed by atoms with Crippen molar-refractivity contribution >= 4 is 34.8 Å². The smallest absolute Gasteiger partial charge is 0.229 e. The van der Waals surface area contributed by atoms with Crippen LogP contribution in [0.3, 0.4) is 0 Å². The number of nitrogens with one attached hydrogen (secondary N) is 1. The third-order valence-electron chi connectivity index (χ3n) is 4.07. The van der Waals surface area contributed by atoms with E-state index in [1.807, 2.05) is 0 Å². The second-order valence-electron chi connectivity index (χ2n) is 5.72. The Morgan fingerprint density at radius 3 is 2.64 bits per heavy atom. The SMILES string of the molecule is COc1ccc(N2C[C@H](C(=O)Nc3ccc(F)c(Cl)c3)CC2=O)cc1. The Labute approximate surface area is 149 Å². The van der Waals surface area contributed by atoms with Gasteiger partial charge in [0.2, 0.25) is 11.8 Å². The number of carbonyl (C=O) groups is 2. The molecule has 0 aliphatic carbocycles. The van der Waals surface area contributed by atoms with Crippen molar-refractivity contribution in [2.75, 3.05) is 23.9 Å². The number of rotatable bonds is 4. The number of hydrogen-bond donors (Lipinski definition) is 1. The Kier molecular flexibility index (Phi) is 4.90. The van der Waals surface area contributed by atoms with Crippen molar-refractivity contribution in [3.8, 4) is 5.75 Å². The molecule has 0 radical (unpaired) electrons. The van der Waals surface area contributed by atoms with Gasteiger partial charge in [-0.2, -0.15) is 0 Å². The van der Waals surface area contributed by atoms with Crippen LogP contribution in [0.5, 0.6) is 5.75 Å². The van der Waals surface area contributed by atoms with Crippen LogP contribution in [-0.2, 0) is 9.59 Å². The average molecular weight is 363 g/mol. The maximum atomic E-state index is 13.2. The first-order valence-electron chi connectivity index (χ1n) is 7.68. The Morgan fingerprint density at radius 1 is 1.28 bits per heavy atom. The summed E-state index contributed by atoms with van der Waals surface area (Å²) in [4.78, 5) is 26.2. The molecular weight excluding hydrogens is 347 g/mol. The standard InChI is InChI=1S/C18H16ClFN2O3/c1-25-14-5-3-13(4-6-14)22-10-11(8-17(22)23)18(24)21-12-2-7-16(20)15(19)9-12/h2-7,9,11H,8,10H2,1H3,(H,21,24)/t11-/m1/s1. The fraction of sp³-hybridized carbons (Fsp3) is 0.222. The predicted molar refractivity (Wildman–Crippen MR) is 93.5 cm³/mol. The maximum absolute atomic E-state index is 13.2. The molecule has 3 rings (SSSR count). The summed E-state index contributed by atoms with van der Waals surface area (Å²) < 4.78 is 18.3. The van der Waals surface area contributed by atoms with E-state index in [-0.39, 0.29) is 29.8 Å². The zero-order valence-electron chi connectivity index (χ0n) is 13.5. The first kappa shape index (κ1) is 17.2. The van der Waals surface area contributed by atoms with Gasteiger partial charge >= 0.3 is 0 Å². The highest BCUT2D eigenvalue weighted by Crippen LogP contribution is 2.28. The molecule has 1 atom stereocenters. The molecule has 0 aromatic heterocycles. The van der Waals surface area contributed by atoms with Crippen molar-refractivity contribution < 1.29 is 18.7 Å². The number of benzene rings is 2. The van der Waals surface area contributed by atoms with Crippen molar-refractivity contribution in [3.05, 3.63) is 53.3 Å². The van der Waals surface area contributed by atoms with Crippen LogP contribution in [0.1, 0.15) is 6.42 Å². The number of methoxy groups -OCH3 is 1. The van der Waals surface area contributed by atoms with E-state index >= 15 is 0 Å². The number of amides is 2. The minimum absolute atomic E-state index is 0.0693. The van der Waals surface area contributed by atoms with Crippen molar-refractivity contribution in [2.24, 2.45) is 5.92 Å². The number of anilines is 2. The number of halogens is 2. The fourth-order valence-corrected chi connectivity index (χ4v) is 2.89. The zero-order chi connectivity index (χ0) is 18.0. The lowest BCUT2D eigenvalue weighted by Gasteiger charge is -2.17. The summed E-state index contributed by atoms with van der Waals surface area (Å²) in [5.74, 6) is -0.771. The van der Waals surface area contributed by atoms with Crippen LogP contribution in [0.2, 0.25) is 5.02 Å². The summed E-state index contributed by atoms with van der Waals surface area (Å²) in [6.07, 6.45) is 0.118. The van der Waals surface area contributed by atoms with Gasteiger partial charge < -0.3 is 15.0 Å². The lowest BCUT2D eigenvalue weighted by Crippen LogP contribution is -2.28. The van der Waals surface area contributed by atoms with Gasteiger partial charge in [0.05, 0.1) is 18.1 Å². The summed E-state index contributed by atoms with van der Waals surface area (Å²) in [5.41, 5.74) is 1.11. The molecule has 1 heterocycles. The summed E-state index contributed by atoms with van der Waals surface area (Å²) in [5, 5.41) is 2.60. The highest BCUT2D eigenvalue weighted by atomic mass is 35.5. The molecule has 1 aliphatic heterocycles. The van der Waals surface area contributed by atoms with E-state index in [9.17, 15) is 14.0 Å². The number of carbonyl (C=O) groups excluding carboxylic acids is 2. The molecule has 1 saturated heterocycles. The molecule has 5 nitrogen and oxygen atoms in total. The quantitative estimate of drug-likeness (QED) is 0.905. The monoisotopic (exact) mass is 362 g/mol. The van der Waals surface area contributed by atoms with Crippen molar-refractivity contribution in [3.63, 3.8) is 0 Å². The Balaban J connectivity index is 1.68. The molecule has 0 unspecified atom stereocenters. The van der Waals surface area contributed by atoms with Crippen LogP contribution in [-0.4, -0.2) is 25.5 Å². The molecule has 2 amide bonds. The fourth-order valence-electron chi connectivity index (χ4n) is 2.71. The van der Waals surface area contributed by atoms with E-state index in [4.69, 9.17) is 16.3 Å². The van der Waals surface area contributed by atoms with Crippen molar-refractivity contribution in [2.45, 2.75) is 6.42 Å². The van der Waals surface area contributed by atoms with Gasteiger partial charge in [-0.15, -0.1) is 0 Å². The van der Waals surface area contributed by atoms with Crippen molar-refractivity contribution in [1.29, 1.82) is 0 Å². The lowest BCUT2D eigenvalue weighted by atomic mass is 10.1. The largest absolute Gasteiger partial charge is 0.497 e. The minimum Gasteiger partial charge on any atom is -0.497 e. The highest BCUT2D eigenvalue weighted by Gasteiger charge is 2.35. The van der Waals surface area contributed by atoms with Gasteiger partial charge in [-0.25, -0.2) is 4.39 Å². The van der Waals surface area contributed by atoms with Gasteiger partial charge in [-0.1, -0.05) is 11.6 Å². The Hall–Kier alpha value is -2.60. The molecule has 1 fully saturated rings. The first-order chi connectivity index (χ1) is 12.0. The van der Waals surface area contributed by atoms with Gasteiger partial charge in [0.15, 0.2) is 0 Å². The van der Waals surface area contributed by atoms with Crippen LogP contribution >= 0.6 is 11.6 Å². The number of nitrogens with zero attached hydrogens (tertiary/aromatic N) is 1. The average Bonchev–Trinajstić information content (AvgIpc) is 3.00. The second kappa shape index (κ2) is 7.11. The zero-order valence-corrected chi connectivity index (χ0v) is 14.2. The molecule has 1 aliphatic rings. The Bertz CT molecular complexity index is 810. The normalized spacial score (nSPS) is 16.8. The molecule has 0 bridgehead atoms. The number of hydrogen-bond acceptors (Lipinski definition) is 3. The molecular formula is C18H16ClFN2O3. The molecule has 0 saturated carbocycles. The summed E-state index contributed by atoms with van der Waals surface area (Å²) in [6, 6.07) is 11.0. The summed E-state index contributed by atoms with van der Waals surface area (Å²) in [7, 11) is 1.57. The maximum Gasteiger partial charge on any atom is 0.229 e. The van der Waals surface area contributed by atoms with Crippen LogP contribution in [0, 0.1) is 11.7 Å². The van der Waals surface area contributed by atoms with E-state index < -0.39 is 11.7 Å². The van der Waals surface area contributed by atoms with E-state index in [0.29, 0.717) is 17.1 Å². The summed E-state index contributed by atoms with van der Waals surface area (Å²) >= 11 is 5.71. The predicted octanol–water partition coefficient (Wildman–Crippen LogP) is 3.48. The van der Waals surface area contributed by atoms with Crippen LogP contribution in [0.15, 0.2) is 42.5 Å². The van der Waals surface area contributed by atoms with Gasteiger partial charge in [-0.3, -0.25) is 9.59 Å². The molecule has 1 N–H and O–H groups in total. The second-order valence-corrected chi connectivity index (χ2v) is 6.13. The number of ether oxygens (including phenoxy) is 1. The van der Waals surface area contributed by atoms with Crippen LogP contribution < -0.4 is 15.0 Å². The molecule has 7 heteroatoms.